The van der Waals surface area contributed by atoms with E-state index in [1.165, 1.54) is 24.3 Å². The van der Waals surface area contributed by atoms with Crippen molar-refractivity contribution in [2.45, 2.75) is 0 Å². The third-order valence-electron chi connectivity index (χ3n) is 3.86. The van der Waals surface area contributed by atoms with Gasteiger partial charge in [0.1, 0.15) is 11.4 Å². The average Bonchev–Trinajstić information content (AvgIpc) is 2.75. The maximum Gasteiger partial charge on any atom is 0.271 e. The van der Waals surface area contributed by atoms with E-state index in [1.54, 1.807) is 30.3 Å². The fraction of sp³-hybridized carbons (Fsp3) is 0. The summed E-state index contributed by atoms with van der Waals surface area (Å²) in [6.07, 6.45) is 5.19. The van der Waals surface area contributed by atoms with Crippen LogP contribution in [0.15, 0.2) is 93.3 Å². The molecule has 0 unspecified atom stereocenters. The number of phenolic OH excluding ortho intramolecular Hbond substituents is 1. The summed E-state index contributed by atoms with van der Waals surface area (Å²) in [5, 5.41) is 36.7. The van der Waals surface area contributed by atoms with Crippen molar-refractivity contribution >= 4 is 37.9 Å². The molecule has 1 aliphatic carbocycles. The van der Waals surface area contributed by atoms with Crippen molar-refractivity contribution in [1.29, 1.82) is 0 Å². The first kappa shape index (κ1) is 21.7. The Morgan fingerprint density at radius 3 is 2.29 bits per heavy atom. The molecule has 0 aromatic heterocycles. The first-order valence-electron chi connectivity index (χ1n) is 8.56. The molecule has 31 heavy (non-hydrogen) atoms. The quantitative estimate of drug-likeness (QED) is 0.163. The van der Waals surface area contributed by atoms with Crippen molar-refractivity contribution < 1.29 is 23.3 Å². The van der Waals surface area contributed by atoms with Crippen molar-refractivity contribution in [2.75, 3.05) is 0 Å². The van der Waals surface area contributed by atoms with E-state index in [1.807, 2.05) is 0 Å². The summed E-state index contributed by atoms with van der Waals surface area (Å²) in [6.45, 7) is 0. The van der Waals surface area contributed by atoms with Gasteiger partial charge in [0.2, 0.25) is 15.9 Å². The van der Waals surface area contributed by atoms with E-state index in [-0.39, 0.29) is 27.8 Å². The van der Waals surface area contributed by atoms with Gasteiger partial charge in [-0.25, -0.2) is 4.21 Å². The van der Waals surface area contributed by atoms with Crippen molar-refractivity contribution in [1.82, 2.24) is 0 Å². The molecule has 0 aliphatic heterocycles. The van der Waals surface area contributed by atoms with Crippen LogP contribution in [0.5, 0.6) is 5.75 Å². The Kier molecular flexibility index (Phi) is 6.45. The molecule has 1 aliphatic rings. The summed E-state index contributed by atoms with van der Waals surface area (Å²) in [4.78, 5) is 10.1. The molecule has 0 saturated heterocycles. The van der Waals surface area contributed by atoms with Gasteiger partial charge in [-0.2, -0.15) is 0 Å². The second-order valence-electron chi connectivity index (χ2n) is 6.01. The maximum absolute atomic E-state index is 11.2. The molecule has 2 aromatic rings. The number of nitro benzene ring substituents is 1. The minimum atomic E-state index is -4.08. The number of allylic oxidation sites excluding steroid dienone is 4. The van der Waals surface area contributed by atoms with Crippen LogP contribution in [0, 0.1) is 10.1 Å². The van der Waals surface area contributed by atoms with Gasteiger partial charge in [0.05, 0.1) is 15.5 Å². The van der Waals surface area contributed by atoms with Crippen LogP contribution >= 0.6 is 0 Å². The third kappa shape index (κ3) is 5.76. The number of non-ortho nitro benzene ring substituents is 1. The van der Waals surface area contributed by atoms with Gasteiger partial charge in [-0.05, 0) is 30.4 Å². The van der Waals surface area contributed by atoms with Crippen molar-refractivity contribution in [2.24, 2.45) is 20.4 Å². The highest BCUT2D eigenvalue weighted by Crippen LogP contribution is 2.30. The van der Waals surface area contributed by atoms with Crippen molar-refractivity contribution in [3.63, 3.8) is 0 Å². The molecular formula is C19H15N5O6S. The van der Waals surface area contributed by atoms with Crippen LogP contribution < -0.4 is 0 Å². The lowest BCUT2D eigenvalue weighted by molar-refractivity contribution is -0.384. The van der Waals surface area contributed by atoms with E-state index in [0.717, 1.165) is 18.2 Å². The molecule has 0 atom stereocenters. The normalized spacial score (nSPS) is 14.3. The number of nitro groups is 1. The molecular weight excluding hydrogens is 426 g/mol. The Bertz CT molecular complexity index is 1260. The lowest BCUT2D eigenvalue weighted by atomic mass is 10.2. The number of nitrogens with zero attached hydrogens (tertiary/aromatic N) is 5. The highest BCUT2D eigenvalue weighted by atomic mass is 32.2. The largest absolute Gasteiger partial charge is 0.506 e. The van der Waals surface area contributed by atoms with Gasteiger partial charge in [0.25, 0.3) is 5.69 Å². The highest BCUT2D eigenvalue weighted by Gasteiger charge is 2.11. The van der Waals surface area contributed by atoms with E-state index in [0.29, 0.717) is 11.3 Å². The summed E-state index contributed by atoms with van der Waals surface area (Å²) in [7, 11) is -4.08. The molecule has 0 spiro atoms. The molecule has 0 fully saturated rings. The second-order valence-corrected chi connectivity index (χ2v) is 7.47. The SMILES string of the molecule is O=[N+]([O-])c1ccc(O)c(N=NC(=NN=C2C=CC(=S(=O)(O)O)C=C2)c2ccccc2)c1. The molecule has 0 heterocycles. The van der Waals surface area contributed by atoms with Crippen LogP contribution in [0.25, 0.3) is 0 Å². The van der Waals surface area contributed by atoms with Gasteiger partial charge in [-0.15, -0.1) is 20.4 Å². The van der Waals surface area contributed by atoms with E-state index in [2.05, 4.69) is 20.4 Å². The minimum absolute atomic E-state index is 0.0451. The van der Waals surface area contributed by atoms with Crippen LogP contribution in [0.2, 0.25) is 0 Å². The van der Waals surface area contributed by atoms with E-state index in [4.69, 9.17) is 9.11 Å². The number of amidine groups is 1. The predicted molar refractivity (Wildman–Crippen MR) is 116 cm³/mol. The standard InChI is InChI=1S/C19H15N5O6S/c25-18-11-8-15(24(26)27)12-17(18)21-23-19(13-4-2-1-3-5-13)22-20-14-6-9-16(10-7-14)31(28,29)30/h1-12,25H,(H2,28,29,30). The number of rotatable bonds is 4. The number of hydrogen-bond acceptors (Lipinski definition) is 7. The summed E-state index contributed by atoms with van der Waals surface area (Å²) in [6, 6.07) is 12.0. The van der Waals surface area contributed by atoms with Gasteiger partial charge >= 0.3 is 0 Å². The molecule has 3 N–H and O–H groups in total. The van der Waals surface area contributed by atoms with Gasteiger partial charge in [0, 0.05) is 17.7 Å². The lowest BCUT2D eigenvalue weighted by Crippen LogP contribution is -2.11. The molecule has 11 nitrogen and oxygen atoms in total. The fourth-order valence-electron chi connectivity index (χ4n) is 2.32. The van der Waals surface area contributed by atoms with Gasteiger partial charge in [-0.1, -0.05) is 30.3 Å². The molecule has 2 aromatic carbocycles. The summed E-state index contributed by atoms with van der Waals surface area (Å²) >= 11 is 0. The number of benzene rings is 2. The van der Waals surface area contributed by atoms with Gasteiger partial charge < -0.3 is 5.11 Å². The number of aromatic hydroxyl groups is 1. The highest BCUT2D eigenvalue weighted by molar-refractivity contribution is 7.92. The van der Waals surface area contributed by atoms with E-state index in [9.17, 15) is 19.4 Å². The van der Waals surface area contributed by atoms with Crippen LogP contribution in [0.3, 0.4) is 0 Å². The molecule has 12 heteroatoms. The topological polar surface area (TPSA) is 170 Å². The van der Waals surface area contributed by atoms with Crippen LogP contribution in [-0.4, -0.2) is 39.8 Å². The number of azo groups is 1. The molecule has 0 radical (unpaired) electrons. The van der Waals surface area contributed by atoms with Crippen molar-refractivity contribution in [3.8, 4) is 5.75 Å². The zero-order chi connectivity index (χ0) is 22.4. The third-order valence-corrected chi connectivity index (χ3v) is 4.74. The summed E-state index contributed by atoms with van der Waals surface area (Å²) in [5.74, 6) is -0.255. The summed E-state index contributed by atoms with van der Waals surface area (Å²) < 4.78 is 29.5. The van der Waals surface area contributed by atoms with E-state index < -0.39 is 15.0 Å². The molecule has 0 saturated carbocycles. The first-order valence-corrected chi connectivity index (χ1v) is 10.0. The van der Waals surface area contributed by atoms with Crippen molar-refractivity contribution in [3.05, 3.63) is 88.5 Å². The Morgan fingerprint density at radius 2 is 1.68 bits per heavy atom. The second kappa shape index (κ2) is 9.21. The fourth-order valence-corrected chi connectivity index (χ4v) is 2.82. The Labute approximate surface area is 176 Å². The van der Waals surface area contributed by atoms with Gasteiger partial charge in [-0.3, -0.25) is 19.2 Å². The number of phenols is 1. The van der Waals surface area contributed by atoms with E-state index >= 15 is 0 Å². The predicted octanol–water partition coefficient (Wildman–Crippen LogP) is 3.72. The Balaban J connectivity index is 1.97. The Hall–Kier alpha value is -4.00. The monoisotopic (exact) mass is 441 g/mol. The smallest absolute Gasteiger partial charge is 0.271 e. The molecule has 158 valence electrons. The Morgan fingerprint density at radius 1 is 1.00 bits per heavy atom. The number of hydrogen-bond donors (Lipinski definition) is 3. The molecule has 3 rings (SSSR count). The van der Waals surface area contributed by atoms with Gasteiger partial charge in [0.15, 0.2) is 0 Å². The minimum Gasteiger partial charge on any atom is -0.506 e. The molecule has 0 bridgehead atoms. The average molecular weight is 441 g/mol. The van der Waals surface area contributed by atoms with Crippen LogP contribution in [0.4, 0.5) is 11.4 Å². The molecule has 0 amide bonds. The zero-order valence-corrected chi connectivity index (χ0v) is 16.5. The first-order chi connectivity index (χ1) is 14.7. The maximum atomic E-state index is 11.2. The van der Waals surface area contributed by atoms with Crippen LogP contribution in [0.1, 0.15) is 5.56 Å². The lowest BCUT2D eigenvalue weighted by Gasteiger charge is -2.03. The summed E-state index contributed by atoms with van der Waals surface area (Å²) in [5.41, 5.74) is 0.446. The zero-order valence-electron chi connectivity index (χ0n) is 15.6. The van der Waals surface area contributed by atoms with Crippen LogP contribution in [-0.2, 0) is 10.1 Å².